The lowest BCUT2D eigenvalue weighted by atomic mass is 10.1. The Balaban J connectivity index is 1.58. The third kappa shape index (κ3) is 5.21. The van der Waals surface area contributed by atoms with E-state index >= 15 is 0 Å². The number of hydrogen-bond acceptors (Lipinski definition) is 5. The van der Waals surface area contributed by atoms with Crippen LogP contribution in [0, 0.1) is 0 Å². The Hall–Kier alpha value is -2.64. The minimum absolute atomic E-state index is 0.0437. The van der Waals surface area contributed by atoms with E-state index in [0.717, 1.165) is 11.4 Å². The summed E-state index contributed by atoms with van der Waals surface area (Å²) in [5.74, 6) is 0.780. The monoisotopic (exact) mass is 414 g/mol. The molecule has 0 radical (unpaired) electrons. The van der Waals surface area contributed by atoms with Crippen molar-refractivity contribution in [3.63, 3.8) is 0 Å². The Morgan fingerprint density at radius 1 is 1.14 bits per heavy atom. The highest BCUT2D eigenvalue weighted by Gasteiger charge is 2.12. The summed E-state index contributed by atoms with van der Waals surface area (Å²) >= 11 is 7.22. The summed E-state index contributed by atoms with van der Waals surface area (Å²) in [5.41, 5.74) is 2.24. The highest BCUT2D eigenvalue weighted by molar-refractivity contribution is 7.99. The summed E-state index contributed by atoms with van der Waals surface area (Å²) < 4.78 is 1.88. The van der Waals surface area contributed by atoms with Crippen LogP contribution in [0.4, 0.5) is 5.69 Å². The zero-order chi connectivity index (χ0) is 20.1. The lowest BCUT2D eigenvalue weighted by molar-refractivity contribution is -0.113. The van der Waals surface area contributed by atoms with Gasteiger partial charge < -0.3 is 9.88 Å². The number of anilines is 1. The van der Waals surface area contributed by atoms with E-state index in [2.05, 4.69) is 15.5 Å². The van der Waals surface area contributed by atoms with Crippen LogP contribution in [0.2, 0.25) is 5.02 Å². The fraction of sp³-hybridized carbons (Fsp3) is 0.200. The number of carbonyl (C=O) groups is 2. The maximum absolute atomic E-state index is 12.2. The second-order valence-corrected chi connectivity index (χ2v) is 7.61. The van der Waals surface area contributed by atoms with Crippen LogP contribution in [0.25, 0.3) is 0 Å². The Morgan fingerprint density at radius 3 is 2.61 bits per heavy atom. The number of nitrogens with zero attached hydrogens (tertiary/aromatic N) is 3. The number of nitrogens with one attached hydrogen (secondary N) is 1. The first-order chi connectivity index (χ1) is 13.4. The van der Waals surface area contributed by atoms with Crippen molar-refractivity contribution in [2.45, 2.75) is 18.5 Å². The first kappa shape index (κ1) is 20.1. The molecule has 1 N–H and O–H groups in total. The Bertz CT molecular complexity index is 1000. The number of aromatic nitrogens is 3. The second-order valence-electron chi connectivity index (χ2n) is 6.23. The number of hydrogen-bond donors (Lipinski definition) is 1. The first-order valence-corrected chi connectivity index (χ1v) is 9.95. The average Bonchev–Trinajstić information content (AvgIpc) is 3.02. The molecule has 144 valence electrons. The molecular formula is C20H19ClN4O2S. The number of thioether (sulfide) groups is 1. The quantitative estimate of drug-likeness (QED) is 0.467. The molecule has 1 heterocycles. The van der Waals surface area contributed by atoms with E-state index in [-0.39, 0.29) is 17.4 Å². The highest BCUT2D eigenvalue weighted by atomic mass is 35.5. The van der Waals surface area contributed by atoms with Gasteiger partial charge >= 0.3 is 0 Å². The van der Waals surface area contributed by atoms with Crippen molar-refractivity contribution in [2.24, 2.45) is 7.05 Å². The van der Waals surface area contributed by atoms with Crippen LogP contribution in [0.1, 0.15) is 28.7 Å². The fourth-order valence-corrected chi connectivity index (χ4v) is 3.41. The number of Topliss-reactive ketones (excluding diaryl/α,β-unsaturated/α-hetero) is 1. The van der Waals surface area contributed by atoms with E-state index in [4.69, 9.17) is 11.6 Å². The smallest absolute Gasteiger partial charge is 0.234 e. The van der Waals surface area contributed by atoms with Crippen molar-refractivity contribution in [1.82, 2.24) is 14.8 Å². The van der Waals surface area contributed by atoms with E-state index in [0.29, 0.717) is 27.9 Å². The number of halogens is 1. The van der Waals surface area contributed by atoms with Gasteiger partial charge in [-0.05, 0) is 36.8 Å². The maximum atomic E-state index is 12.2. The van der Waals surface area contributed by atoms with E-state index in [1.54, 1.807) is 24.3 Å². The topological polar surface area (TPSA) is 76.9 Å². The Morgan fingerprint density at radius 2 is 1.89 bits per heavy atom. The van der Waals surface area contributed by atoms with Crippen LogP contribution >= 0.6 is 23.4 Å². The summed E-state index contributed by atoms with van der Waals surface area (Å²) in [6.07, 6.45) is 0.630. The molecule has 0 fully saturated rings. The molecule has 0 aliphatic heterocycles. The predicted octanol–water partition coefficient (Wildman–Crippen LogP) is 3.99. The third-order valence-corrected chi connectivity index (χ3v) is 5.36. The number of carbonyl (C=O) groups excluding carboxylic acids is 2. The number of benzene rings is 2. The van der Waals surface area contributed by atoms with Gasteiger partial charge in [0.05, 0.1) is 5.75 Å². The molecule has 0 aliphatic rings. The van der Waals surface area contributed by atoms with Gasteiger partial charge in [-0.25, -0.2) is 0 Å². The second kappa shape index (κ2) is 9.03. The molecule has 0 atom stereocenters. The lowest BCUT2D eigenvalue weighted by Crippen LogP contribution is -2.14. The van der Waals surface area contributed by atoms with Crippen molar-refractivity contribution in [1.29, 1.82) is 0 Å². The van der Waals surface area contributed by atoms with Gasteiger partial charge in [0.15, 0.2) is 10.9 Å². The molecule has 3 rings (SSSR count). The van der Waals surface area contributed by atoms with Crippen molar-refractivity contribution in [2.75, 3.05) is 11.1 Å². The van der Waals surface area contributed by atoms with Crippen molar-refractivity contribution in [3.8, 4) is 0 Å². The van der Waals surface area contributed by atoms with E-state index in [9.17, 15) is 9.59 Å². The van der Waals surface area contributed by atoms with Gasteiger partial charge in [0.2, 0.25) is 5.91 Å². The van der Waals surface area contributed by atoms with E-state index in [1.807, 2.05) is 35.9 Å². The van der Waals surface area contributed by atoms with E-state index < -0.39 is 0 Å². The molecule has 0 aliphatic carbocycles. The van der Waals surface area contributed by atoms with Crippen LogP contribution in [-0.4, -0.2) is 32.2 Å². The van der Waals surface area contributed by atoms with Gasteiger partial charge in [-0.1, -0.05) is 47.6 Å². The SMILES string of the molecule is CC(=O)c1cccc(NC(=O)CSc2nnc(Cc3ccc(Cl)cc3)n2C)c1. The molecule has 8 heteroatoms. The summed E-state index contributed by atoms with van der Waals surface area (Å²) in [7, 11) is 1.88. The number of ketones is 1. The zero-order valence-electron chi connectivity index (χ0n) is 15.5. The van der Waals surface area contributed by atoms with Gasteiger partial charge in [0.1, 0.15) is 5.82 Å². The summed E-state index contributed by atoms with van der Waals surface area (Å²) in [4.78, 5) is 23.7. The Labute approximate surface area is 172 Å². The first-order valence-electron chi connectivity index (χ1n) is 8.59. The molecule has 0 unspecified atom stereocenters. The van der Waals surface area contributed by atoms with Crippen LogP contribution in [0.5, 0.6) is 0 Å². The molecule has 28 heavy (non-hydrogen) atoms. The molecule has 0 saturated heterocycles. The molecule has 0 bridgehead atoms. The average molecular weight is 415 g/mol. The van der Waals surface area contributed by atoms with Gasteiger partial charge in [0, 0.05) is 29.7 Å². The molecule has 6 nitrogen and oxygen atoms in total. The molecular weight excluding hydrogens is 396 g/mol. The van der Waals surface area contributed by atoms with Crippen molar-refractivity contribution < 1.29 is 9.59 Å². The molecule has 0 saturated carbocycles. The third-order valence-electron chi connectivity index (χ3n) is 4.09. The van der Waals surface area contributed by atoms with E-state index in [1.165, 1.54) is 18.7 Å². The molecule has 1 aromatic heterocycles. The van der Waals surface area contributed by atoms with Gasteiger partial charge in [0.25, 0.3) is 0 Å². The largest absolute Gasteiger partial charge is 0.325 e. The van der Waals surface area contributed by atoms with Gasteiger partial charge in [-0.3, -0.25) is 9.59 Å². The zero-order valence-corrected chi connectivity index (χ0v) is 17.0. The fourth-order valence-electron chi connectivity index (χ4n) is 2.55. The van der Waals surface area contributed by atoms with Gasteiger partial charge in [-0.15, -0.1) is 10.2 Å². The minimum atomic E-state index is -0.173. The molecule has 0 spiro atoms. The maximum Gasteiger partial charge on any atom is 0.234 e. The summed E-state index contributed by atoms with van der Waals surface area (Å²) in [6.45, 7) is 1.49. The molecule has 3 aromatic rings. The summed E-state index contributed by atoms with van der Waals surface area (Å²) in [5, 5.41) is 12.5. The predicted molar refractivity (Wildman–Crippen MR) is 111 cm³/mol. The molecule has 1 amide bonds. The van der Waals surface area contributed by atoms with Crippen molar-refractivity contribution in [3.05, 3.63) is 70.5 Å². The van der Waals surface area contributed by atoms with Crippen LogP contribution in [0.3, 0.4) is 0 Å². The molecule has 2 aromatic carbocycles. The lowest BCUT2D eigenvalue weighted by Gasteiger charge is -2.07. The Kier molecular flexibility index (Phi) is 6.49. The number of amides is 1. The standard InChI is InChI=1S/C20H19ClN4O2S/c1-13(26)15-4-3-5-17(11-15)22-19(27)12-28-20-24-23-18(25(20)2)10-14-6-8-16(21)9-7-14/h3-9,11H,10,12H2,1-2H3,(H,22,27). The van der Waals surface area contributed by atoms with Crippen LogP contribution < -0.4 is 5.32 Å². The normalized spacial score (nSPS) is 10.7. The van der Waals surface area contributed by atoms with Crippen LogP contribution in [-0.2, 0) is 18.3 Å². The number of rotatable bonds is 7. The van der Waals surface area contributed by atoms with Crippen LogP contribution in [0.15, 0.2) is 53.7 Å². The van der Waals surface area contributed by atoms with Gasteiger partial charge in [-0.2, -0.15) is 0 Å². The highest BCUT2D eigenvalue weighted by Crippen LogP contribution is 2.19. The van der Waals surface area contributed by atoms with Crippen molar-refractivity contribution >= 4 is 40.7 Å². The minimum Gasteiger partial charge on any atom is -0.325 e. The summed E-state index contributed by atoms with van der Waals surface area (Å²) in [6, 6.07) is 14.5.